The summed E-state index contributed by atoms with van der Waals surface area (Å²) in [5.41, 5.74) is 3.22. The highest BCUT2D eigenvalue weighted by molar-refractivity contribution is 5.79. The summed E-state index contributed by atoms with van der Waals surface area (Å²) in [6.45, 7) is 2.40. The topological polar surface area (TPSA) is 38.3 Å². The van der Waals surface area contributed by atoms with Crippen LogP contribution in [0.5, 0.6) is 0 Å². The molecule has 1 atom stereocenters. The lowest BCUT2D eigenvalue weighted by atomic mass is 9.83. The molecule has 3 rings (SSSR count). The van der Waals surface area contributed by atoms with E-state index in [9.17, 15) is 4.79 Å². The number of hydrogen-bond acceptors (Lipinski definition) is 3. The minimum absolute atomic E-state index is 0.142. The van der Waals surface area contributed by atoms with Gasteiger partial charge < -0.3 is 10.1 Å². The SMILES string of the molecule is Cc1ccc(NC(C(=O)OCc2ccccc2)C2CCCCC2)cc1. The number of nitrogens with one attached hydrogen (secondary N) is 1. The Kier molecular flexibility index (Phi) is 6.10. The van der Waals surface area contributed by atoms with Crippen LogP contribution in [0.4, 0.5) is 5.69 Å². The van der Waals surface area contributed by atoms with E-state index < -0.39 is 0 Å². The van der Waals surface area contributed by atoms with E-state index in [-0.39, 0.29) is 12.0 Å². The van der Waals surface area contributed by atoms with E-state index in [0.29, 0.717) is 12.5 Å². The van der Waals surface area contributed by atoms with E-state index in [1.165, 1.54) is 24.8 Å². The van der Waals surface area contributed by atoms with Gasteiger partial charge >= 0.3 is 5.97 Å². The maximum atomic E-state index is 12.8. The molecule has 0 bridgehead atoms. The first-order chi connectivity index (χ1) is 12.2. The third-order valence-corrected chi connectivity index (χ3v) is 4.97. The summed E-state index contributed by atoms with van der Waals surface area (Å²) in [6, 6.07) is 17.8. The molecule has 0 saturated heterocycles. The summed E-state index contributed by atoms with van der Waals surface area (Å²) in [5.74, 6) is 0.203. The van der Waals surface area contributed by atoms with Gasteiger partial charge in [0.15, 0.2) is 0 Å². The Labute approximate surface area is 150 Å². The molecule has 0 spiro atoms. The summed E-state index contributed by atoms with van der Waals surface area (Å²) in [4.78, 5) is 12.8. The van der Waals surface area contributed by atoms with Crippen LogP contribution >= 0.6 is 0 Å². The van der Waals surface area contributed by atoms with Crippen LogP contribution in [0.15, 0.2) is 54.6 Å². The van der Waals surface area contributed by atoms with Crippen LogP contribution in [0.3, 0.4) is 0 Å². The first kappa shape index (κ1) is 17.5. The molecular weight excluding hydrogens is 310 g/mol. The Morgan fingerprint density at radius 3 is 2.40 bits per heavy atom. The molecule has 1 unspecified atom stereocenters. The number of benzene rings is 2. The Morgan fingerprint density at radius 1 is 1.04 bits per heavy atom. The molecule has 2 aromatic carbocycles. The maximum Gasteiger partial charge on any atom is 0.329 e. The van der Waals surface area contributed by atoms with Crippen molar-refractivity contribution in [3.8, 4) is 0 Å². The minimum Gasteiger partial charge on any atom is -0.459 e. The van der Waals surface area contributed by atoms with E-state index in [4.69, 9.17) is 4.74 Å². The van der Waals surface area contributed by atoms with Crippen molar-refractivity contribution in [1.82, 2.24) is 0 Å². The average Bonchev–Trinajstić information content (AvgIpc) is 2.67. The van der Waals surface area contributed by atoms with Gasteiger partial charge in [0.05, 0.1) is 0 Å². The molecule has 0 radical (unpaired) electrons. The summed E-state index contributed by atoms with van der Waals surface area (Å²) in [6.07, 6.45) is 5.84. The maximum absolute atomic E-state index is 12.8. The van der Waals surface area contributed by atoms with Gasteiger partial charge in [0, 0.05) is 5.69 Å². The van der Waals surface area contributed by atoms with Gasteiger partial charge in [0.1, 0.15) is 12.6 Å². The lowest BCUT2D eigenvalue weighted by Crippen LogP contribution is -2.39. The van der Waals surface area contributed by atoms with E-state index in [1.807, 2.05) is 42.5 Å². The van der Waals surface area contributed by atoms with Crippen molar-refractivity contribution in [3.05, 3.63) is 65.7 Å². The van der Waals surface area contributed by atoms with Crippen molar-refractivity contribution in [2.75, 3.05) is 5.32 Å². The van der Waals surface area contributed by atoms with Crippen LogP contribution in [-0.2, 0) is 16.1 Å². The largest absolute Gasteiger partial charge is 0.459 e. The first-order valence-electron chi connectivity index (χ1n) is 9.26. The third kappa shape index (κ3) is 5.09. The average molecular weight is 337 g/mol. The van der Waals surface area contributed by atoms with Gasteiger partial charge in [0.25, 0.3) is 0 Å². The molecule has 1 fully saturated rings. The Balaban J connectivity index is 1.68. The monoisotopic (exact) mass is 337 g/mol. The van der Waals surface area contributed by atoms with Gasteiger partial charge in [0.2, 0.25) is 0 Å². The predicted molar refractivity (Wildman–Crippen MR) is 101 cm³/mol. The van der Waals surface area contributed by atoms with Gasteiger partial charge in [-0.2, -0.15) is 0 Å². The fourth-order valence-electron chi connectivity index (χ4n) is 3.48. The zero-order valence-corrected chi connectivity index (χ0v) is 14.9. The highest BCUT2D eigenvalue weighted by atomic mass is 16.5. The second-order valence-corrected chi connectivity index (χ2v) is 6.98. The number of ether oxygens (including phenoxy) is 1. The molecule has 3 heteroatoms. The number of carbonyl (C=O) groups excluding carboxylic acids is 1. The van der Waals surface area contributed by atoms with Gasteiger partial charge in [-0.15, -0.1) is 0 Å². The van der Waals surface area contributed by atoms with Crippen molar-refractivity contribution in [3.63, 3.8) is 0 Å². The number of anilines is 1. The smallest absolute Gasteiger partial charge is 0.329 e. The van der Waals surface area contributed by atoms with Crippen molar-refractivity contribution in [2.45, 2.75) is 51.7 Å². The molecule has 1 aliphatic rings. The minimum atomic E-state index is -0.272. The fourth-order valence-corrected chi connectivity index (χ4v) is 3.48. The summed E-state index contributed by atoms with van der Waals surface area (Å²) in [7, 11) is 0. The molecule has 0 aromatic heterocycles. The van der Waals surface area contributed by atoms with Gasteiger partial charge in [-0.25, -0.2) is 4.79 Å². The quantitative estimate of drug-likeness (QED) is 0.745. The van der Waals surface area contributed by atoms with Gasteiger partial charge in [-0.1, -0.05) is 67.3 Å². The normalized spacial score (nSPS) is 16.2. The number of rotatable bonds is 6. The van der Waals surface area contributed by atoms with Crippen LogP contribution in [-0.4, -0.2) is 12.0 Å². The first-order valence-corrected chi connectivity index (χ1v) is 9.26. The van der Waals surface area contributed by atoms with Crippen LogP contribution in [0.25, 0.3) is 0 Å². The molecule has 132 valence electrons. The second-order valence-electron chi connectivity index (χ2n) is 6.98. The number of esters is 1. The molecule has 2 aromatic rings. The molecule has 1 N–H and O–H groups in total. The zero-order valence-electron chi connectivity index (χ0n) is 14.9. The lowest BCUT2D eigenvalue weighted by molar-refractivity contribution is -0.147. The molecule has 1 saturated carbocycles. The predicted octanol–water partition coefficient (Wildman–Crippen LogP) is 5.10. The molecular formula is C22H27NO2. The van der Waals surface area contributed by atoms with Crippen LogP contribution in [0.1, 0.15) is 43.2 Å². The van der Waals surface area contributed by atoms with Gasteiger partial charge in [-0.05, 0) is 43.4 Å². The van der Waals surface area contributed by atoms with Crippen molar-refractivity contribution in [1.29, 1.82) is 0 Å². The Morgan fingerprint density at radius 2 is 1.72 bits per heavy atom. The summed E-state index contributed by atoms with van der Waals surface area (Å²) < 4.78 is 5.64. The molecule has 25 heavy (non-hydrogen) atoms. The Hall–Kier alpha value is -2.29. The summed E-state index contributed by atoms with van der Waals surface area (Å²) >= 11 is 0. The number of aryl methyl sites for hydroxylation is 1. The highest BCUT2D eigenvalue weighted by Crippen LogP contribution is 2.29. The Bertz CT molecular complexity index is 660. The highest BCUT2D eigenvalue weighted by Gasteiger charge is 2.30. The van der Waals surface area contributed by atoms with Crippen molar-refractivity contribution in [2.24, 2.45) is 5.92 Å². The molecule has 3 nitrogen and oxygen atoms in total. The van der Waals surface area contributed by atoms with E-state index in [0.717, 1.165) is 24.1 Å². The van der Waals surface area contributed by atoms with E-state index >= 15 is 0 Å². The lowest BCUT2D eigenvalue weighted by Gasteiger charge is -2.30. The number of hydrogen-bond donors (Lipinski definition) is 1. The fraction of sp³-hybridized carbons (Fsp3) is 0.409. The van der Waals surface area contributed by atoms with E-state index in [2.05, 4.69) is 24.4 Å². The van der Waals surface area contributed by atoms with Crippen LogP contribution in [0, 0.1) is 12.8 Å². The standard InChI is InChI=1S/C22H27NO2/c1-17-12-14-20(15-13-17)23-21(19-10-6-3-7-11-19)22(24)25-16-18-8-4-2-5-9-18/h2,4-5,8-9,12-15,19,21,23H,3,6-7,10-11,16H2,1H3. The van der Waals surface area contributed by atoms with Crippen molar-refractivity contribution < 1.29 is 9.53 Å². The molecule has 0 heterocycles. The molecule has 0 aliphatic heterocycles. The molecule has 1 aliphatic carbocycles. The third-order valence-electron chi connectivity index (χ3n) is 4.97. The number of carbonyl (C=O) groups is 1. The van der Waals surface area contributed by atoms with Crippen molar-refractivity contribution >= 4 is 11.7 Å². The van der Waals surface area contributed by atoms with Crippen LogP contribution in [0.2, 0.25) is 0 Å². The van der Waals surface area contributed by atoms with E-state index in [1.54, 1.807) is 0 Å². The van der Waals surface area contributed by atoms with Gasteiger partial charge in [-0.3, -0.25) is 0 Å². The van der Waals surface area contributed by atoms with Crippen LogP contribution < -0.4 is 5.32 Å². The zero-order chi connectivity index (χ0) is 17.5. The second kappa shape index (κ2) is 8.70. The summed E-state index contributed by atoms with van der Waals surface area (Å²) in [5, 5.41) is 3.44. The molecule has 0 amide bonds.